The van der Waals surface area contributed by atoms with Crippen molar-refractivity contribution >= 4 is 0 Å². The number of hydrogen-bond donors (Lipinski definition) is 0. The molecule has 3 aliphatic rings. The summed E-state index contributed by atoms with van der Waals surface area (Å²) in [7, 11) is 0. The van der Waals surface area contributed by atoms with E-state index < -0.39 is 0 Å². The van der Waals surface area contributed by atoms with Crippen molar-refractivity contribution in [1.29, 1.82) is 0 Å². The van der Waals surface area contributed by atoms with E-state index >= 15 is 0 Å². The van der Waals surface area contributed by atoms with E-state index in [0.29, 0.717) is 0 Å². The summed E-state index contributed by atoms with van der Waals surface area (Å²) in [4.78, 5) is 2.65. The molecule has 0 aromatic carbocycles. The van der Waals surface area contributed by atoms with Crippen LogP contribution < -0.4 is 0 Å². The fourth-order valence-corrected chi connectivity index (χ4v) is 2.89. The third-order valence-electron chi connectivity index (χ3n) is 4.17. The molecule has 12 heavy (non-hydrogen) atoms. The Morgan fingerprint density at radius 2 is 2.33 bits per heavy atom. The molecular formula is C10H17NO. The van der Waals surface area contributed by atoms with Gasteiger partial charge in [0.05, 0.1) is 19.3 Å². The van der Waals surface area contributed by atoms with Crippen LogP contribution in [0.2, 0.25) is 0 Å². The number of likely N-dealkylation sites (tertiary alicyclic amines) is 1. The van der Waals surface area contributed by atoms with Crippen LogP contribution in [0.5, 0.6) is 0 Å². The van der Waals surface area contributed by atoms with Crippen molar-refractivity contribution in [2.24, 2.45) is 11.3 Å². The van der Waals surface area contributed by atoms with E-state index in [1.807, 2.05) is 0 Å². The highest BCUT2D eigenvalue weighted by molar-refractivity contribution is 5.10. The van der Waals surface area contributed by atoms with Crippen LogP contribution in [0.1, 0.15) is 19.8 Å². The van der Waals surface area contributed by atoms with Gasteiger partial charge in [-0.25, -0.2) is 0 Å². The normalized spacial score (nSPS) is 47.2. The van der Waals surface area contributed by atoms with Crippen molar-refractivity contribution in [2.75, 3.05) is 26.3 Å². The maximum atomic E-state index is 5.22. The second-order valence-electron chi connectivity index (χ2n) is 4.74. The first kappa shape index (κ1) is 7.34. The van der Waals surface area contributed by atoms with Crippen LogP contribution in [0, 0.1) is 11.3 Å². The first-order valence-corrected chi connectivity index (χ1v) is 5.16. The van der Waals surface area contributed by atoms with Crippen LogP contribution in [0.3, 0.4) is 0 Å². The number of ether oxygens (including phenoxy) is 1. The van der Waals surface area contributed by atoms with E-state index in [1.54, 1.807) is 0 Å². The molecule has 68 valence electrons. The van der Waals surface area contributed by atoms with Crippen molar-refractivity contribution in [3.05, 3.63) is 0 Å². The lowest BCUT2D eigenvalue weighted by atomic mass is 10.0. The zero-order valence-electron chi connectivity index (χ0n) is 7.75. The molecule has 0 N–H and O–H groups in total. The number of hydrogen-bond acceptors (Lipinski definition) is 2. The van der Waals surface area contributed by atoms with Crippen molar-refractivity contribution in [3.63, 3.8) is 0 Å². The van der Waals surface area contributed by atoms with E-state index in [9.17, 15) is 0 Å². The Hall–Kier alpha value is -0.0800. The monoisotopic (exact) mass is 167 g/mol. The van der Waals surface area contributed by atoms with Gasteiger partial charge in [0, 0.05) is 13.1 Å². The molecule has 0 bridgehead atoms. The zero-order chi connectivity index (χ0) is 8.18. The average molecular weight is 167 g/mol. The molecule has 2 nitrogen and oxygen atoms in total. The number of rotatable bonds is 2. The van der Waals surface area contributed by atoms with Gasteiger partial charge >= 0.3 is 0 Å². The second-order valence-corrected chi connectivity index (χ2v) is 4.74. The summed E-state index contributed by atoms with van der Waals surface area (Å²) in [6.07, 6.45) is 2.90. The minimum absolute atomic E-state index is 0.760. The Labute approximate surface area is 73.9 Å². The van der Waals surface area contributed by atoms with Crippen molar-refractivity contribution < 1.29 is 4.74 Å². The highest BCUT2D eigenvalue weighted by Crippen LogP contribution is 2.60. The summed E-state index contributed by atoms with van der Waals surface area (Å²) in [5.41, 5.74) is 0.760. The van der Waals surface area contributed by atoms with E-state index in [0.717, 1.165) is 30.6 Å². The molecule has 0 amide bonds. The molecule has 0 radical (unpaired) electrons. The summed E-state index contributed by atoms with van der Waals surface area (Å²) in [6, 6.07) is 0.779. The molecule has 0 aromatic rings. The van der Waals surface area contributed by atoms with Crippen LogP contribution in [0.25, 0.3) is 0 Å². The van der Waals surface area contributed by atoms with Crippen LogP contribution >= 0.6 is 0 Å². The molecule has 3 fully saturated rings. The maximum Gasteiger partial charge on any atom is 0.0645 e. The summed E-state index contributed by atoms with van der Waals surface area (Å²) in [6.45, 7) is 7.06. The molecule has 2 aliphatic heterocycles. The quantitative estimate of drug-likeness (QED) is 0.611. The second kappa shape index (κ2) is 2.24. The lowest BCUT2D eigenvalue weighted by Crippen LogP contribution is -2.49. The molecule has 2 atom stereocenters. The molecule has 2 saturated heterocycles. The smallest absolute Gasteiger partial charge is 0.0645 e. The average Bonchev–Trinajstić information content (AvgIpc) is 2.52. The Morgan fingerprint density at radius 1 is 1.50 bits per heavy atom. The van der Waals surface area contributed by atoms with Crippen molar-refractivity contribution in [2.45, 2.75) is 25.8 Å². The van der Waals surface area contributed by atoms with Crippen molar-refractivity contribution in [3.8, 4) is 0 Å². The largest absolute Gasteiger partial charge is 0.378 e. The predicted molar refractivity (Wildman–Crippen MR) is 47.0 cm³/mol. The van der Waals surface area contributed by atoms with Gasteiger partial charge in [0.15, 0.2) is 0 Å². The molecule has 2 heteroatoms. The minimum Gasteiger partial charge on any atom is -0.378 e. The van der Waals surface area contributed by atoms with Crippen LogP contribution in [0.15, 0.2) is 0 Å². The SMILES string of the molecule is CCC12CC1CN(C1COC1)C2. The molecular weight excluding hydrogens is 150 g/mol. The van der Waals surface area contributed by atoms with Crippen molar-refractivity contribution in [1.82, 2.24) is 4.90 Å². The number of fused-ring (bicyclic) bond motifs is 1. The first-order chi connectivity index (χ1) is 5.84. The fourth-order valence-electron chi connectivity index (χ4n) is 2.89. The Morgan fingerprint density at radius 3 is 2.83 bits per heavy atom. The van der Waals surface area contributed by atoms with Gasteiger partial charge in [0.2, 0.25) is 0 Å². The molecule has 2 heterocycles. The Balaban J connectivity index is 1.65. The fraction of sp³-hybridized carbons (Fsp3) is 1.00. The first-order valence-electron chi connectivity index (χ1n) is 5.16. The van der Waals surface area contributed by atoms with Gasteiger partial charge in [-0.3, -0.25) is 4.90 Å². The van der Waals surface area contributed by atoms with E-state index in [1.165, 1.54) is 25.9 Å². The summed E-state index contributed by atoms with van der Waals surface area (Å²) in [5.74, 6) is 1.04. The molecule has 2 unspecified atom stereocenters. The molecule has 3 rings (SSSR count). The maximum absolute atomic E-state index is 5.22. The van der Waals surface area contributed by atoms with E-state index in [2.05, 4.69) is 11.8 Å². The van der Waals surface area contributed by atoms with E-state index in [4.69, 9.17) is 4.74 Å². The number of nitrogens with zero attached hydrogens (tertiary/aromatic N) is 1. The van der Waals surface area contributed by atoms with Gasteiger partial charge in [0.25, 0.3) is 0 Å². The third kappa shape index (κ3) is 0.826. The van der Waals surface area contributed by atoms with Gasteiger partial charge in [-0.2, -0.15) is 0 Å². The van der Waals surface area contributed by atoms with Gasteiger partial charge in [-0.1, -0.05) is 6.92 Å². The Bertz CT molecular complexity index is 198. The highest BCUT2D eigenvalue weighted by Gasteiger charge is 2.59. The molecule has 1 saturated carbocycles. The van der Waals surface area contributed by atoms with Gasteiger partial charge in [-0.15, -0.1) is 0 Å². The van der Waals surface area contributed by atoms with Crippen LogP contribution in [0.4, 0.5) is 0 Å². The summed E-state index contributed by atoms with van der Waals surface area (Å²) < 4.78 is 5.22. The summed E-state index contributed by atoms with van der Waals surface area (Å²) in [5, 5.41) is 0. The highest BCUT2D eigenvalue weighted by atomic mass is 16.5. The van der Waals surface area contributed by atoms with Gasteiger partial charge < -0.3 is 4.74 Å². The van der Waals surface area contributed by atoms with Crippen LogP contribution in [-0.4, -0.2) is 37.2 Å². The van der Waals surface area contributed by atoms with Gasteiger partial charge in [-0.05, 0) is 24.2 Å². The predicted octanol–water partition coefficient (Wildman–Crippen LogP) is 1.12. The lowest BCUT2D eigenvalue weighted by molar-refractivity contribution is -0.0624. The third-order valence-corrected chi connectivity index (χ3v) is 4.17. The summed E-state index contributed by atoms with van der Waals surface area (Å²) >= 11 is 0. The molecule has 0 spiro atoms. The minimum atomic E-state index is 0.760. The standard InChI is InChI=1S/C10H17NO/c1-2-10-3-8(10)4-11(7-10)9-5-12-6-9/h8-9H,2-7H2,1H3. The zero-order valence-corrected chi connectivity index (χ0v) is 7.75. The van der Waals surface area contributed by atoms with Crippen LogP contribution in [-0.2, 0) is 4.74 Å². The Kier molecular flexibility index (Phi) is 1.37. The lowest BCUT2D eigenvalue weighted by Gasteiger charge is -2.36. The molecule has 1 aliphatic carbocycles. The van der Waals surface area contributed by atoms with E-state index in [-0.39, 0.29) is 0 Å². The number of piperidine rings is 1. The molecule has 0 aromatic heterocycles. The van der Waals surface area contributed by atoms with Gasteiger partial charge in [0.1, 0.15) is 0 Å². The topological polar surface area (TPSA) is 12.5 Å².